The molecule has 14 heavy (non-hydrogen) atoms. The number of hydrogen-bond acceptors (Lipinski definition) is 2. The van der Waals surface area contributed by atoms with E-state index in [4.69, 9.17) is 5.73 Å². The Bertz CT molecular complexity index is 253. The second-order valence-corrected chi connectivity index (χ2v) is 4.56. The molecule has 2 fully saturated rings. The Balaban J connectivity index is 1.98. The van der Waals surface area contributed by atoms with E-state index < -0.39 is 12.2 Å². The second kappa shape index (κ2) is 3.19. The van der Waals surface area contributed by atoms with Crippen LogP contribution in [0.5, 0.6) is 0 Å². The third kappa shape index (κ3) is 1.41. The number of hydrogen-bond donors (Lipinski definition) is 1. The van der Waals surface area contributed by atoms with Crippen molar-refractivity contribution >= 4 is 5.91 Å². The summed E-state index contributed by atoms with van der Waals surface area (Å²) in [5.41, 5.74) is 5.46. The standard InChI is InChI=1S/C10H17FN2O/c1-2-7(12)9(14)13-5-8(11)10(6-13)3-4-10/h7-8H,2-6,12H2,1H3/t7-,8?/m1/s1. The molecule has 2 N–H and O–H groups in total. The van der Waals surface area contributed by atoms with Crippen LogP contribution in [0.3, 0.4) is 0 Å². The molecule has 0 aromatic rings. The average Bonchev–Trinajstić information content (AvgIpc) is 2.87. The molecular formula is C10H17FN2O. The zero-order chi connectivity index (χ0) is 10.3. The van der Waals surface area contributed by atoms with Crippen molar-refractivity contribution in [3.63, 3.8) is 0 Å². The van der Waals surface area contributed by atoms with Gasteiger partial charge in [-0.05, 0) is 19.3 Å². The van der Waals surface area contributed by atoms with Crippen molar-refractivity contribution in [2.24, 2.45) is 11.1 Å². The zero-order valence-corrected chi connectivity index (χ0v) is 8.50. The smallest absolute Gasteiger partial charge is 0.239 e. The maximum Gasteiger partial charge on any atom is 0.239 e. The van der Waals surface area contributed by atoms with Crippen molar-refractivity contribution in [2.75, 3.05) is 13.1 Å². The fraction of sp³-hybridized carbons (Fsp3) is 0.900. The summed E-state index contributed by atoms with van der Waals surface area (Å²) >= 11 is 0. The summed E-state index contributed by atoms with van der Waals surface area (Å²) in [6.07, 6.45) is 1.66. The highest BCUT2D eigenvalue weighted by atomic mass is 19.1. The highest BCUT2D eigenvalue weighted by molar-refractivity contribution is 5.82. The molecule has 1 heterocycles. The maximum atomic E-state index is 13.5. The predicted molar refractivity (Wildman–Crippen MR) is 51.4 cm³/mol. The van der Waals surface area contributed by atoms with Crippen LogP contribution in [0.15, 0.2) is 0 Å². The summed E-state index contributed by atoms with van der Waals surface area (Å²) in [6.45, 7) is 2.71. The largest absolute Gasteiger partial charge is 0.338 e. The number of rotatable bonds is 2. The quantitative estimate of drug-likeness (QED) is 0.712. The van der Waals surface area contributed by atoms with Crippen LogP contribution in [0.1, 0.15) is 26.2 Å². The van der Waals surface area contributed by atoms with Gasteiger partial charge in [0.15, 0.2) is 0 Å². The Hall–Kier alpha value is -0.640. The molecule has 4 heteroatoms. The summed E-state index contributed by atoms with van der Waals surface area (Å²) in [5.74, 6) is -0.0843. The average molecular weight is 200 g/mol. The van der Waals surface area contributed by atoms with E-state index in [2.05, 4.69) is 0 Å². The van der Waals surface area contributed by atoms with Gasteiger partial charge in [0.1, 0.15) is 6.17 Å². The molecule has 0 aromatic carbocycles. The number of carbonyl (C=O) groups is 1. The van der Waals surface area contributed by atoms with Gasteiger partial charge >= 0.3 is 0 Å². The number of likely N-dealkylation sites (tertiary alicyclic amines) is 1. The van der Waals surface area contributed by atoms with Gasteiger partial charge in [0.25, 0.3) is 0 Å². The summed E-state index contributed by atoms with van der Waals surface area (Å²) in [7, 11) is 0. The number of nitrogens with two attached hydrogens (primary N) is 1. The lowest BCUT2D eigenvalue weighted by Crippen LogP contribution is -2.42. The fourth-order valence-corrected chi connectivity index (χ4v) is 2.14. The van der Waals surface area contributed by atoms with Gasteiger partial charge < -0.3 is 10.6 Å². The van der Waals surface area contributed by atoms with Crippen molar-refractivity contribution in [2.45, 2.75) is 38.4 Å². The van der Waals surface area contributed by atoms with E-state index in [0.29, 0.717) is 13.0 Å². The first-order chi connectivity index (χ1) is 6.59. The lowest BCUT2D eigenvalue weighted by molar-refractivity contribution is -0.131. The summed E-state index contributed by atoms with van der Waals surface area (Å²) in [6, 6.07) is -0.448. The topological polar surface area (TPSA) is 46.3 Å². The SMILES string of the molecule is CC[C@@H](N)C(=O)N1CC(F)C2(CC2)C1. The molecule has 1 aliphatic heterocycles. The highest BCUT2D eigenvalue weighted by Gasteiger charge is 2.56. The summed E-state index contributed by atoms with van der Waals surface area (Å²) in [5, 5.41) is 0. The minimum absolute atomic E-state index is 0.0843. The van der Waals surface area contributed by atoms with E-state index in [1.807, 2.05) is 6.92 Å². The van der Waals surface area contributed by atoms with Gasteiger partial charge in [-0.1, -0.05) is 6.92 Å². The first-order valence-corrected chi connectivity index (χ1v) is 5.27. The molecule has 2 aliphatic rings. The van der Waals surface area contributed by atoms with Crippen molar-refractivity contribution in [3.05, 3.63) is 0 Å². The van der Waals surface area contributed by atoms with Gasteiger partial charge in [0.2, 0.25) is 5.91 Å². The maximum absolute atomic E-state index is 13.5. The van der Waals surface area contributed by atoms with E-state index >= 15 is 0 Å². The molecule has 3 nitrogen and oxygen atoms in total. The minimum atomic E-state index is -0.824. The fourth-order valence-electron chi connectivity index (χ4n) is 2.14. The first kappa shape index (κ1) is 9.90. The number of nitrogens with zero attached hydrogens (tertiary/aromatic N) is 1. The Labute approximate surface area is 83.4 Å². The number of amides is 1. The van der Waals surface area contributed by atoms with E-state index in [-0.39, 0.29) is 17.9 Å². The highest BCUT2D eigenvalue weighted by Crippen LogP contribution is 2.54. The van der Waals surface area contributed by atoms with Crippen LogP contribution >= 0.6 is 0 Å². The van der Waals surface area contributed by atoms with E-state index in [1.165, 1.54) is 0 Å². The molecule has 1 spiro atoms. The molecule has 1 saturated carbocycles. The van der Waals surface area contributed by atoms with Crippen LogP contribution in [-0.2, 0) is 4.79 Å². The van der Waals surface area contributed by atoms with E-state index in [0.717, 1.165) is 12.8 Å². The van der Waals surface area contributed by atoms with Gasteiger partial charge in [0, 0.05) is 12.0 Å². The lowest BCUT2D eigenvalue weighted by Gasteiger charge is -2.19. The van der Waals surface area contributed by atoms with Crippen LogP contribution in [0.4, 0.5) is 4.39 Å². The predicted octanol–water partition coefficient (Wildman–Crippen LogP) is 0.684. The first-order valence-electron chi connectivity index (χ1n) is 5.27. The molecule has 0 radical (unpaired) electrons. The minimum Gasteiger partial charge on any atom is -0.338 e. The number of alkyl halides is 1. The van der Waals surface area contributed by atoms with Crippen LogP contribution in [-0.4, -0.2) is 36.1 Å². The normalized spacial score (nSPS) is 30.8. The molecule has 2 rings (SSSR count). The van der Waals surface area contributed by atoms with Crippen LogP contribution in [0.2, 0.25) is 0 Å². The Kier molecular flexibility index (Phi) is 2.26. The van der Waals surface area contributed by atoms with Crippen LogP contribution in [0, 0.1) is 5.41 Å². The third-order valence-corrected chi connectivity index (χ3v) is 3.51. The van der Waals surface area contributed by atoms with Gasteiger partial charge in [-0.15, -0.1) is 0 Å². The van der Waals surface area contributed by atoms with Crippen molar-refractivity contribution in [1.29, 1.82) is 0 Å². The molecule has 0 bridgehead atoms. The van der Waals surface area contributed by atoms with Gasteiger partial charge in [-0.3, -0.25) is 4.79 Å². The number of halogens is 1. The third-order valence-electron chi connectivity index (χ3n) is 3.51. The summed E-state index contributed by atoms with van der Waals surface area (Å²) in [4.78, 5) is 13.3. The lowest BCUT2D eigenvalue weighted by atomic mass is 10.1. The number of carbonyl (C=O) groups excluding carboxylic acids is 1. The van der Waals surface area contributed by atoms with Gasteiger partial charge in [-0.2, -0.15) is 0 Å². The van der Waals surface area contributed by atoms with Crippen LogP contribution < -0.4 is 5.73 Å². The molecule has 2 atom stereocenters. The second-order valence-electron chi connectivity index (χ2n) is 4.56. The molecule has 1 aliphatic carbocycles. The zero-order valence-electron chi connectivity index (χ0n) is 8.50. The molecule has 80 valence electrons. The summed E-state index contributed by atoms with van der Waals surface area (Å²) < 4.78 is 13.5. The molecule has 1 saturated heterocycles. The monoisotopic (exact) mass is 200 g/mol. The Morgan fingerprint density at radius 3 is 2.79 bits per heavy atom. The van der Waals surface area contributed by atoms with Crippen molar-refractivity contribution < 1.29 is 9.18 Å². The Morgan fingerprint density at radius 2 is 2.36 bits per heavy atom. The van der Waals surface area contributed by atoms with E-state index in [1.54, 1.807) is 4.90 Å². The van der Waals surface area contributed by atoms with Crippen LogP contribution in [0.25, 0.3) is 0 Å². The van der Waals surface area contributed by atoms with Crippen molar-refractivity contribution in [1.82, 2.24) is 4.90 Å². The van der Waals surface area contributed by atoms with Crippen molar-refractivity contribution in [3.8, 4) is 0 Å². The molecule has 0 aromatic heterocycles. The molecular weight excluding hydrogens is 183 g/mol. The molecule has 1 amide bonds. The van der Waals surface area contributed by atoms with E-state index in [9.17, 15) is 9.18 Å². The Morgan fingerprint density at radius 1 is 1.71 bits per heavy atom. The van der Waals surface area contributed by atoms with Gasteiger partial charge in [-0.25, -0.2) is 4.39 Å². The molecule has 1 unspecified atom stereocenters. The van der Waals surface area contributed by atoms with Gasteiger partial charge in [0.05, 0.1) is 12.6 Å².